The fraction of sp³-hybridized carbons (Fsp3) is 0.545. The van der Waals surface area contributed by atoms with Crippen molar-refractivity contribution in [2.24, 2.45) is 5.92 Å². The van der Waals surface area contributed by atoms with E-state index in [1.165, 1.54) is 6.42 Å². The smallest absolute Gasteiger partial charge is 0.131 e. The molecule has 1 aliphatic heterocycles. The highest BCUT2D eigenvalue weighted by molar-refractivity contribution is 6.29. The molecule has 1 aromatic heterocycles. The van der Waals surface area contributed by atoms with Crippen LogP contribution >= 0.6 is 11.6 Å². The van der Waals surface area contributed by atoms with Gasteiger partial charge in [-0.15, -0.1) is 0 Å². The lowest BCUT2D eigenvalue weighted by atomic mass is 10.1. The summed E-state index contributed by atoms with van der Waals surface area (Å²) in [7, 11) is 0. The van der Waals surface area contributed by atoms with Crippen molar-refractivity contribution >= 4 is 17.4 Å². The Morgan fingerprint density at radius 3 is 3.20 bits per heavy atom. The second-order valence-corrected chi connectivity index (χ2v) is 4.18. The van der Waals surface area contributed by atoms with E-state index in [4.69, 9.17) is 16.3 Å². The molecule has 1 aromatic rings. The Labute approximate surface area is 94.8 Å². The molecule has 0 aliphatic carbocycles. The molecule has 82 valence electrons. The monoisotopic (exact) mass is 226 g/mol. The van der Waals surface area contributed by atoms with Gasteiger partial charge in [-0.3, -0.25) is 0 Å². The predicted octanol–water partition coefficient (Wildman–Crippen LogP) is 2.57. The number of nitrogens with one attached hydrogen (secondary N) is 1. The molecular weight excluding hydrogens is 212 g/mol. The molecule has 0 amide bonds. The van der Waals surface area contributed by atoms with Crippen LogP contribution in [0.1, 0.15) is 12.8 Å². The van der Waals surface area contributed by atoms with Gasteiger partial charge in [-0.2, -0.15) is 0 Å². The molecule has 1 atom stereocenters. The van der Waals surface area contributed by atoms with Crippen molar-refractivity contribution in [3.63, 3.8) is 0 Å². The van der Waals surface area contributed by atoms with E-state index < -0.39 is 0 Å². The Balaban J connectivity index is 1.73. The Bertz CT molecular complexity index is 313. The minimum atomic E-state index is 0.532. The van der Waals surface area contributed by atoms with Crippen molar-refractivity contribution < 1.29 is 4.74 Å². The van der Waals surface area contributed by atoms with Crippen molar-refractivity contribution in [1.29, 1.82) is 0 Å². The first kappa shape index (κ1) is 10.7. The summed E-state index contributed by atoms with van der Waals surface area (Å²) in [6.45, 7) is 2.76. The molecule has 1 N–H and O–H groups in total. The summed E-state index contributed by atoms with van der Waals surface area (Å²) in [5.74, 6) is 1.55. The van der Waals surface area contributed by atoms with Gasteiger partial charge in [0, 0.05) is 19.8 Å². The SMILES string of the molecule is Clc1cccc(NCCC2CCOC2)n1. The topological polar surface area (TPSA) is 34.1 Å². The van der Waals surface area contributed by atoms with Crippen molar-refractivity contribution in [2.45, 2.75) is 12.8 Å². The van der Waals surface area contributed by atoms with Gasteiger partial charge in [0.2, 0.25) is 0 Å². The van der Waals surface area contributed by atoms with Gasteiger partial charge in [-0.05, 0) is 30.9 Å². The Hall–Kier alpha value is -0.800. The summed E-state index contributed by atoms with van der Waals surface area (Å²) in [5.41, 5.74) is 0. The number of halogens is 1. The van der Waals surface area contributed by atoms with E-state index in [1.54, 1.807) is 6.07 Å². The summed E-state index contributed by atoms with van der Waals surface area (Å²) >= 11 is 5.78. The van der Waals surface area contributed by atoms with Crippen LogP contribution in [0.2, 0.25) is 5.15 Å². The maximum absolute atomic E-state index is 5.78. The zero-order valence-corrected chi connectivity index (χ0v) is 9.33. The van der Waals surface area contributed by atoms with Crippen LogP contribution in [0.15, 0.2) is 18.2 Å². The molecule has 1 aliphatic rings. The molecule has 2 rings (SSSR count). The fourth-order valence-corrected chi connectivity index (χ4v) is 1.89. The molecule has 3 nitrogen and oxygen atoms in total. The maximum atomic E-state index is 5.78. The van der Waals surface area contributed by atoms with Gasteiger partial charge in [0.15, 0.2) is 0 Å². The molecule has 1 saturated heterocycles. The minimum absolute atomic E-state index is 0.532. The highest BCUT2D eigenvalue weighted by Crippen LogP contribution is 2.16. The zero-order chi connectivity index (χ0) is 10.5. The van der Waals surface area contributed by atoms with E-state index in [0.29, 0.717) is 11.1 Å². The van der Waals surface area contributed by atoms with Crippen LogP contribution in [0.5, 0.6) is 0 Å². The van der Waals surface area contributed by atoms with Crippen molar-refractivity contribution in [1.82, 2.24) is 4.98 Å². The number of nitrogens with zero attached hydrogens (tertiary/aromatic N) is 1. The van der Waals surface area contributed by atoms with E-state index in [-0.39, 0.29) is 0 Å². The molecular formula is C11H15ClN2O. The van der Waals surface area contributed by atoms with E-state index in [9.17, 15) is 0 Å². The molecule has 0 bridgehead atoms. The Kier molecular flexibility index (Phi) is 3.80. The summed E-state index contributed by atoms with van der Waals surface area (Å²) in [4.78, 5) is 4.16. The first-order chi connectivity index (χ1) is 7.34. The second kappa shape index (κ2) is 5.33. The van der Waals surface area contributed by atoms with Gasteiger partial charge in [0.25, 0.3) is 0 Å². The number of aromatic nitrogens is 1. The van der Waals surface area contributed by atoms with Crippen LogP contribution in [0, 0.1) is 5.92 Å². The fourth-order valence-electron chi connectivity index (χ4n) is 1.72. The molecule has 15 heavy (non-hydrogen) atoms. The highest BCUT2D eigenvalue weighted by Gasteiger charge is 2.14. The normalized spacial score (nSPS) is 20.5. The first-order valence-corrected chi connectivity index (χ1v) is 5.66. The average molecular weight is 227 g/mol. The van der Waals surface area contributed by atoms with E-state index in [0.717, 1.165) is 32.0 Å². The highest BCUT2D eigenvalue weighted by atomic mass is 35.5. The van der Waals surface area contributed by atoms with Crippen molar-refractivity contribution in [3.8, 4) is 0 Å². The van der Waals surface area contributed by atoms with E-state index >= 15 is 0 Å². The van der Waals surface area contributed by atoms with Crippen molar-refractivity contribution in [2.75, 3.05) is 25.1 Å². The molecule has 0 aromatic carbocycles. The molecule has 1 fully saturated rings. The third-order valence-corrected chi connectivity index (χ3v) is 2.81. The van der Waals surface area contributed by atoms with Gasteiger partial charge in [0.05, 0.1) is 0 Å². The number of rotatable bonds is 4. The van der Waals surface area contributed by atoms with Crippen LogP contribution < -0.4 is 5.32 Å². The summed E-state index contributed by atoms with van der Waals surface area (Å²) in [6, 6.07) is 5.60. The van der Waals surface area contributed by atoms with Crippen LogP contribution in [-0.4, -0.2) is 24.7 Å². The number of ether oxygens (including phenoxy) is 1. The van der Waals surface area contributed by atoms with Gasteiger partial charge >= 0.3 is 0 Å². The summed E-state index contributed by atoms with van der Waals surface area (Å²) in [6.07, 6.45) is 2.32. The molecule has 4 heteroatoms. The standard InChI is InChI=1S/C11H15ClN2O/c12-10-2-1-3-11(14-10)13-6-4-9-5-7-15-8-9/h1-3,9H,4-8H2,(H,13,14). The number of hydrogen-bond acceptors (Lipinski definition) is 3. The lowest BCUT2D eigenvalue weighted by Gasteiger charge is -2.08. The van der Waals surface area contributed by atoms with Gasteiger partial charge in [-0.1, -0.05) is 17.7 Å². The van der Waals surface area contributed by atoms with E-state index in [2.05, 4.69) is 10.3 Å². The summed E-state index contributed by atoms with van der Waals surface area (Å²) in [5, 5.41) is 3.79. The van der Waals surface area contributed by atoms with Crippen LogP contribution in [0.4, 0.5) is 5.82 Å². The van der Waals surface area contributed by atoms with Gasteiger partial charge in [0.1, 0.15) is 11.0 Å². The predicted molar refractivity (Wildman–Crippen MR) is 61.3 cm³/mol. The van der Waals surface area contributed by atoms with Crippen LogP contribution in [0.3, 0.4) is 0 Å². The Morgan fingerprint density at radius 2 is 2.47 bits per heavy atom. The third-order valence-electron chi connectivity index (χ3n) is 2.60. The zero-order valence-electron chi connectivity index (χ0n) is 8.58. The van der Waals surface area contributed by atoms with Gasteiger partial charge < -0.3 is 10.1 Å². The van der Waals surface area contributed by atoms with Gasteiger partial charge in [-0.25, -0.2) is 4.98 Å². The first-order valence-electron chi connectivity index (χ1n) is 5.29. The maximum Gasteiger partial charge on any atom is 0.131 e. The Morgan fingerprint density at radius 1 is 1.53 bits per heavy atom. The minimum Gasteiger partial charge on any atom is -0.381 e. The summed E-state index contributed by atoms with van der Waals surface area (Å²) < 4.78 is 5.31. The van der Waals surface area contributed by atoms with Crippen molar-refractivity contribution in [3.05, 3.63) is 23.4 Å². The van der Waals surface area contributed by atoms with Crippen LogP contribution in [-0.2, 0) is 4.74 Å². The molecule has 1 unspecified atom stereocenters. The number of pyridine rings is 1. The molecule has 2 heterocycles. The van der Waals surface area contributed by atoms with E-state index in [1.807, 2.05) is 12.1 Å². The van der Waals surface area contributed by atoms with Crippen LogP contribution in [0.25, 0.3) is 0 Å². The second-order valence-electron chi connectivity index (χ2n) is 3.79. The molecule has 0 radical (unpaired) electrons. The number of hydrogen-bond donors (Lipinski definition) is 1. The molecule has 0 saturated carbocycles. The average Bonchev–Trinajstić information content (AvgIpc) is 2.71. The molecule has 0 spiro atoms. The lowest BCUT2D eigenvalue weighted by molar-refractivity contribution is 0.185. The number of anilines is 1. The quantitative estimate of drug-likeness (QED) is 0.802. The third kappa shape index (κ3) is 3.36. The lowest BCUT2D eigenvalue weighted by Crippen LogP contribution is -2.09. The largest absolute Gasteiger partial charge is 0.381 e.